The zero-order valence-electron chi connectivity index (χ0n) is 14.5. The van der Waals surface area contributed by atoms with Crippen molar-refractivity contribution in [3.05, 3.63) is 34.8 Å². The highest BCUT2D eigenvalue weighted by Gasteiger charge is 2.14. The van der Waals surface area contributed by atoms with E-state index in [4.69, 9.17) is 4.74 Å². The standard InChI is InChI=1S/C18H24N4O2S/c1-2-24-15-8-6-14(7-9-15)12-16(23)19-18-21-20-17(25-18)13-22-10-4-3-5-11-22/h6-9H,2-5,10-13H2,1H3,(H,19,21,23). The van der Waals surface area contributed by atoms with Crippen LogP contribution in [-0.2, 0) is 17.8 Å². The number of aromatic nitrogens is 2. The summed E-state index contributed by atoms with van der Waals surface area (Å²) in [6.45, 7) is 5.66. The molecule has 6 nitrogen and oxygen atoms in total. The molecular formula is C18H24N4O2S. The van der Waals surface area contributed by atoms with Crippen LogP contribution >= 0.6 is 11.3 Å². The lowest BCUT2D eigenvalue weighted by Crippen LogP contribution is -2.28. The number of hydrogen-bond donors (Lipinski definition) is 1. The molecule has 1 N–H and O–H groups in total. The lowest BCUT2D eigenvalue weighted by atomic mass is 10.1. The molecular weight excluding hydrogens is 336 g/mol. The van der Waals surface area contributed by atoms with Crippen molar-refractivity contribution < 1.29 is 9.53 Å². The summed E-state index contributed by atoms with van der Waals surface area (Å²) in [4.78, 5) is 14.6. The van der Waals surface area contributed by atoms with Crippen LogP contribution in [0.25, 0.3) is 0 Å². The number of amides is 1. The minimum absolute atomic E-state index is 0.0789. The van der Waals surface area contributed by atoms with Gasteiger partial charge in [-0.2, -0.15) is 0 Å². The van der Waals surface area contributed by atoms with Gasteiger partial charge < -0.3 is 10.1 Å². The summed E-state index contributed by atoms with van der Waals surface area (Å²) in [5, 5.41) is 12.7. The summed E-state index contributed by atoms with van der Waals surface area (Å²) < 4.78 is 5.41. The largest absolute Gasteiger partial charge is 0.494 e. The van der Waals surface area contributed by atoms with Gasteiger partial charge in [0.1, 0.15) is 10.8 Å². The molecule has 1 aliphatic rings. The Balaban J connectivity index is 1.49. The van der Waals surface area contributed by atoms with Crippen LogP contribution in [0.4, 0.5) is 5.13 Å². The normalized spacial score (nSPS) is 15.1. The first-order valence-electron chi connectivity index (χ1n) is 8.79. The van der Waals surface area contributed by atoms with Gasteiger partial charge in [-0.3, -0.25) is 9.69 Å². The van der Waals surface area contributed by atoms with Gasteiger partial charge in [0.15, 0.2) is 0 Å². The van der Waals surface area contributed by atoms with Crippen LogP contribution in [0.15, 0.2) is 24.3 Å². The van der Waals surface area contributed by atoms with Gasteiger partial charge in [0, 0.05) is 0 Å². The molecule has 1 aromatic heterocycles. The van der Waals surface area contributed by atoms with E-state index in [1.807, 2.05) is 31.2 Å². The van der Waals surface area contributed by atoms with Crippen molar-refractivity contribution in [1.29, 1.82) is 0 Å². The number of ether oxygens (including phenoxy) is 1. The van der Waals surface area contributed by atoms with Gasteiger partial charge in [-0.05, 0) is 50.6 Å². The van der Waals surface area contributed by atoms with Gasteiger partial charge in [0.2, 0.25) is 11.0 Å². The molecule has 0 atom stereocenters. The highest BCUT2D eigenvalue weighted by atomic mass is 32.1. The third-order valence-corrected chi connectivity index (χ3v) is 4.94. The average Bonchev–Trinajstić information content (AvgIpc) is 3.04. The predicted octanol–water partition coefficient (Wildman–Crippen LogP) is 3.10. The first-order valence-corrected chi connectivity index (χ1v) is 9.61. The number of hydrogen-bond acceptors (Lipinski definition) is 6. The summed E-state index contributed by atoms with van der Waals surface area (Å²) in [5.41, 5.74) is 0.944. The number of likely N-dealkylation sites (tertiary alicyclic amines) is 1. The maximum atomic E-state index is 12.2. The highest BCUT2D eigenvalue weighted by molar-refractivity contribution is 7.15. The molecule has 2 heterocycles. The molecule has 2 aromatic rings. The third kappa shape index (κ3) is 5.51. The van der Waals surface area contributed by atoms with Crippen LogP contribution in [0, 0.1) is 0 Å². The second kappa shape index (κ2) is 8.92. The third-order valence-electron chi connectivity index (χ3n) is 4.12. The molecule has 1 saturated heterocycles. The van der Waals surface area contributed by atoms with Crippen LogP contribution in [0.3, 0.4) is 0 Å². The lowest BCUT2D eigenvalue weighted by molar-refractivity contribution is -0.115. The topological polar surface area (TPSA) is 67.3 Å². The Labute approximate surface area is 152 Å². The molecule has 1 aliphatic heterocycles. The molecule has 1 aromatic carbocycles. The summed E-state index contributed by atoms with van der Waals surface area (Å²) in [6, 6.07) is 7.58. The molecule has 134 valence electrons. The van der Waals surface area contributed by atoms with Crippen molar-refractivity contribution in [2.24, 2.45) is 0 Å². The Kier molecular flexibility index (Phi) is 6.36. The van der Waals surface area contributed by atoms with Crippen molar-refractivity contribution >= 4 is 22.4 Å². The van der Waals surface area contributed by atoms with Crippen LogP contribution in [0.5, 0.6) is 5.75 Å². The maximum Gasteiger partial charge on any atom is 0.230 e. The Morgan fingerprint density at radius 2 is 1.96 bits per heavy atom. The first kappa shape index (κ1) is 17.8. The van der Waals surface area contributed by atoms with E-state index in [-0.39, 0.29) is 5.91 Å². The van der Waals surface area contributed by atoms with Gasteiger partial charge in [0.25, 0.3) is 0 Å². The molecule has 0 aliphatic carbocycles. The minimum Gasteiger partial charge on any atom is -0.494 e. The number of anilines is 1. The van der Waals surface area contributed by atoms with Crippen LogP contribution in [0.2, 0.25) is 0 Å². The Morgan fingerprint density at radius 3 is 2.68 bits per heavy atom. The van der Waals surface area contributed by atoms with Crippen LogP contribution in [-0.4, -0.2) is 40.7 Å². The highest BCUT2D eigenvalue weighted by Crippen LogP contribution is 2.19. The number of nitrogens with one attached hydrogen (secondary N) is 1. The minimum atomic E-state index is -0.0789. The molecule has 25 heavy (non-hydrogen) atoms. The van der Waals surface area contributed by atoms with Crippen molar-refractivity contribution in [2.45, 2.75) is 39.2 Å². The van der Waals surface area contributed by atoms with E-state index in [0.717, 1.165) is 36.0 Å². The summed E-state index contributed by atoms with van der Waals surface area (Å²) >= 11 is 1.46. The monoisotopic (exact) mass is 360 g/mol. The second-order valence-electron chi connectivity index (χ2n) is 6.14. The SMILES string of the molecule is CCOc1ccc(CC(=O)Nc2nnc(CN3CCCCC3)s2)cc1. The molecule has 0 radical (unpaired) electrons. The molecule has 7 heteroatoms. The molecule has 1 amide bonds. The second-order valence-corrected chi connectivity index (χ2v) is 7.20. The van der Waals surface area contributed by atoms with Crippen LogP contribution in [0.1, 0.15) is 36.8 Å². The van der Waals surface area contributed by atoms with Gasteiger partial charge in [-0.15, -0.1) is 10.2 Å². The van der Waals surface area contributed by atoms with E-state index in [9.17, 15) is 4.79 Å². The Bertz CT molecular complexity index is 681. The predicted molar refractivity (Wildman–Crippen MR) is 99.0 cm³/mol. The molecule has 0 spiro atoms. The molecule has 3 rings (SSSR count). The van der Waals surface area contributed by atoms with E-state index in [0.29, 0.717) is 18.2 Å². The fourth-order valence-electron chi connectivity index (χ4n) is 2.90. The van der Waals surface area contributed by atoms with Crippen molar-refractivity contribution in [3.63, 3.8) is 0 Å². The molecule has 1 fully saturated rings. The van der Waals surface area contributed by atoms with Gasteiger partial charge in [-0.25, -0.2) is 0 Å². The maximum absolute atomic E-state index is 12.2. The fraction of sp³-hybridized carbons (Fsp3) is 0.500. The van der Waals surface area contributed by atoms with Crippen molar-refractivity contribution in [3.8, 4) is 5.75 Å². The quantitative estimate of drug-likeness (QED) is 0.822. The number of carbonyl (C=O) groups excluding carboxylic acids is 1. The molecule has 0 saturated carbocycles. The first-order chi connectivity index (χ1) is 12.2. The van der Waals surface area contributed by atoms with E-state index in [1.165, 1.54) is 30.6 Å². The number of rotatable bonds is 7. The number of benzene rings is 1. The molecule has 0 bridgehead atoms. The number of carbonyl (C=O) groups is 1. The van der Waals surface area contributed by atoms with E-state index in [2.05, 4.69) is 20.4 Å². The van der Waals surface area contributed by atoms with E-state index < -0.39 is 0 Å². The van der Waals surface area contributed by atoms with Crippen molar-refractivity contribution in [2.75, 3.05) is 25.0 Å². The smallest absolute Gasteiger partial charge is 0.230 e. The Hall–Kier alpha value is -1.99. The Morgan fingerprint density at radius 1 is 1.20 bits per heavy atom. The zero-order chi connectivity index (χ0) is 17.5. The van der Waals surface area contributed by atoms with E-state index >= 15 is 0 Å². The van der Waals surface area contributed by atoms with E-state index in [1.54, 1.807) is 0 Å². The molecule has 0 unspecified atom stereocenters. The number of piperidine rings is 1. The summed E-state index contributed by atoms with van der Waals surface area (Å²) in [5.74, 6) is 0.739. The van der Waals surface area contributed by atoms with Crippen molar-refractivity contribution in [1.82, 2.24) is 15.1 Å². The average molecular weight is 360 g/mol. The van der Waals surface area contributed by atoms with Gasteiger partial charge in [-0.1, -0.05) is 29.9 Å². The summed E-state index contributed by atoms with van der Waals surface area (Å²) in [7, 11) is 0. The zero-order valence-corrected chi connectivity index (χ0v) is 15.3. The number of nitrogens with zero attached hydrogens (tertiary/aromatic N) is 3. The summed E-state index contributed by atoms with van der Waals surface area (Å²) in [6.07, 6.45) is 4.14. The fourth-order valence-corrected chi connectivity index (χ4v) is 3.69. The van der Waals surface area contributed by atoms with Crippen LogP contribution < -0.4 is 10.1 Å². The van der Waals surface area contributed by atoms with Gasteiger partial charge >= 0.3 is 0 Å². The lowest BCUT2D eigenvalue weighted by Gasteiger charge is -2.24. The van der Waals surface area contributed by atoms with Gasteiger partial charge in [0.05, 0.1) is 19.6 Å².